The van der Waals surface area contributed by atoms with Crippen LogP contribution in [0.15, 0.2) is 16.6 Å². The molecule has 0 aliphatic rings. The summed E-state index contributed by atoms with van der Waals surface area (Å²) < 4.78 is 5.80. The first-order chi connectivity index (χ1) is 6.24. The van der Waals surface area contributed by atoms with E-state index in [-0.39, 0.29) is 0 Å². The van der Waals surface area contributed by atoms with Crippen molar-refractivity contribution >= 4 is 27.6 Å². The summed E-state index contributed by atoms with van der Waals surface area (Å²) in [6, 6.07) is 3.60. The number of pyridine rings is 1. The van der Waals surface area contributed by atoms with Crippen LogP contribution in [-0.2, 0) is 4.74 Å². The molecule has 1 aromatic heterocycles. The van der Waals surface area contributed by atoms with Crippen LogP contribution in [0.25, 0.3) is 0 Å². The van der Waals surface area contributed by atoms with Gasteiger partial charge in [-0.25, -0.2) is 4.98 Å². The van der Waals surface area contributed by atoms with E-state index in [9.17, 15) is 0 Å². The molecular formula is C8H12BrN3O. The van der Waals surface area contributed by atoms with Gasteiger partial charge in [0, 0.05) is 13.7 Å². The van der Waals surface area contributed by atoms with E-state index >= 15 is 0 Å². The van der Waals surface area contributed by atoms with Crippen molar-refractivity contribution in [1.29, 1.82) is 0 Å². The monoisotopic (exact) mass is 245 g/mol. The van der Waals surface area contributed by atoms with Crippen LogP contribution in [-0.4, -0.2) is 25.2 Å². The Hall–Kier alpha value is -0.810. The second-order valence-corrected chi connectivity index (χ2v) is 3.34. The summed E-state index contributed by atoms with van der Waals surface area (Å²) >= 11 is 3.36. The summed E-state index contributed by atoms with van der Waals surface area (Å²) in [6.07, 6.45) is 0. The minimum absolute atomic E-state index is 0.503. The highest BCUT2D eigenvalue weighted by atomic mass is 79.9. The summed E-state index contributed by atoms with van der Waals surface area (Å²) in [5.74, 6) is 1.25. The number of nitrogens with zero attached hydrogens (tertiary/aromatic N) is 1. The van der Waals surface area contributed by atoms with Crippen LogP contribution in [0.1, 0.15) is 0 Å². The molecule has 5 heteroatoms. The summed E-state index contributed by atoms with van der Waals surface area (Å²) in [5, 5.41) is 3.09. The number of hydrogen-bond acceptors (Lipinski definition) is 4. The third kappa shape index (κ3) is 3.20. The molecule has 3 N–H and O–H groups in total. The van der Waals surface area contributed by atoms with Crippen molar-refractivity contribution in [1.82, 2.24) is 4.98 Å². The predicted octanol–water partition coefficient (Wildman–Crippen LogP) is 1.48. The summed E-state index contributed by atoms with van der Waals surface area (Å²) in [6.45, 7) is 1.36. The van der Waals surface area contributed by atoms with Gasteiger partial charge in [0.1, 0.15) is 11.6 Å². The Labute approximate surface area is 85.6 Å². The predicted molar refractivity (Wildman–Crippen MR) is 56.7 cm³/mol. The molecule has 0 aromatic carbocycles. The van der Waals surface area contributed by atoms with Crippen LogP contribution in [0.2, 0.25) is 0 Å². The molecule has 0 unspecified atom stereocenters. The van der Waals surface area contributed by atoms with Gasteiger partial charge in [0.15, 0.2) is 0 Å². The van der Waals surface area contributed by atoms with Crippen LogP contribution >= 0.6 is 15.9 Å². The maximum absolute atomic E-state index is 5.53. The highest BCUT2D eigenvalue weighted by Crippen LogP contribution is 2.20. The molecule has 1 heterocycles. The fourth-order valence-electron chi connectivity index (χ4n) is 0.853. The number of anilines is 2. The molecule has 13 heavy (non-hydrogen) atoms. The summed E-state index contributed by atoms with van der Waals surface area (Å²) in [7, 11) is 1.66. The molecule has 72 valence electrons. The number of methoxy groups -OCH3 is 1. The highest BCUT2D eigenvalue weighted by molar-refractivity contribution is 9.10. The number of nitrogen functional groups attached to an aromatic ring is 1. The smallest absolute Gasteiger partial charge is 0.142 e. The lowest BCUT2D eigenvalue weighted by Crippen LogP contribution is -2.09. The first kappa shape index (κ1) is 10.3. The lowest BCUT2D eigenvalue weighted by atomic mass is 10.4. The van der Waals surface area contributed by atoms with Crippen LogP contribution in [0.5, 0.6) is 0 Å². The first-order valence-corrected chi connectivity index (χ1v) is 4.68. The molecule has 0 aliphatic heterocycles. The summed E-state index contributed by atoms with van der Waals surface area (Å²) in [4.78, 5) is 4.11. The normalized spacial score (nSPS) is 10.0. The van der Waals surface area contributed by atoms with E-state index in [1.165, 1.54) is 0 Å². The molecule has 1 aromatic rings. The van der Waals surface area contributed by atoms with Gasteiger partial charge in [-0.15, -0.1) is 0 Å². The van der Waals surface area contributed by atoms with Gasteiger partial charge >= 0.3 is 0 Å². The number of aromatic nitrogens is 1. The van der Waals surface area contributed by atoms with E-state index in [4.69, 9.17) is 10.5 Å². The number of nitrogens with two attached hydrogens (primary N) is 1. The van der Waals surface area contributed by atoms with Gasteiger partial charge in [0.2, 0.25) is 0 Å². The van der Waals surface area contributed by atoms with Gasteiger partial charge in [-0.05, 0) is 28.1 Å². The largest absolute Gasteiger partial charge is 0.384 e. The zero-order valence-corrected chi connectivity index (χ0v) is 8.97. The molecule has 0 amide bonds. The lowest BCUT2D eigenvalue weighted by Gasteiger charge is -2.06. The van der Waals surface area contributed by atoms with Crippen molar-refractivity contribution in [3.8, 4) is 0 Å². The Morgan fingerprint density at radius 2 is 2.38 bits per heavy atom. The molecule has 1 rings (SSSR count). The number of ether oxygens (including phenoxy) is 1. The van der Waals surface area contributed by atoms with Crippen molar-refractivity contribution in [3.05, 3.63) is 16.6 Å². The molecule has 0 radical (unpaired) electrons. The van der Waals surface area contributed by atoms with E-state index in [1.807, 2.05) is 6.07 Å². The second-order valence-electron chi connectivity index (χ2n) is 2.49. The minimum atomic E-state index is 0.503. The van der Waals surface area contributed by atoms with Crippen LogP contribution in [0.3, 0.4) is 0 Å². The van der Waals surface area contributed by atoms with E-state index in [1.54, 1.807) is 13.2 Å². The molecular weight excluding hydrogens is 234 g/mol. The number of halogens is 1. The number of nitrogens with one attached hydrogen (secondary N) is 1. The Kier molecular flexibility index (Phi) is 3.98. The minimum Gasteiger partial charge on any atom is -0.384 e. The average Bonchev–Trinajstić information content (AvgIpc) is 2.11. The number of hydrogen-bond donors (Lipinski definition) is 2. The third-order valence-electron chi connectivity index (χ3n) is 1.47. The fourth-order valence-corrected chi connectivity index (χ4v) is 1.21. The fraction of sp³-hybridized carbons (Fsp3) is 0.375. The standard InChI is InChI=1S/C8H12BrN3O/c1-13-5-4-11-8-6(9)2-3-7(10)12-8/h2-3H,4-5H2,1H3,(H3,10,11,12). The Morgan fingerprint density at radius 3 is 3.08 bits per heavy atom. The summed E-state index contributed by atoms with van der Waals surface area (Å²) in [5.41, 5.74) is 5.53. The third-order valence-corrected chi connectivity index (χ3v) is 2.11. The van der Waals surface area contributed by atoms with Crippen molar-refractivity contribution in [2.75, 3.05) is 31.3 Å². The van der Waals surface area contributed by atoms with Gasteiger partial charge in [-0.2, -0.15) is 0 Å². The highest BCUT2D eigenvalue weighted by Gasteiger charge is 2.00. The molecule has 0 atom stereocenters. The zero-order chi connectivity index (χ0) is 9.68. The molecule has 0 bridgehead atoms. The van der Waals surface area contributed by atoms with E-state index in [0.29, 0.717) is 19.0 Å². The van der Waals surface area contributed by atoms with Gasteiger partial charge in [-0.1, -0.05) is 0 Å². The SMILES string of the molecule is COCCNc1nc(N)ccc1Br. The van der Waals surface area contributed by atoms with Crippen molar-refractivity contribution in [2.45, 2.75) is 0 Å². The van der Waals surface area contributed by atoms with Crippen LogP contribution in [0.4, 0.5) is 11.6 Å². The Balaban J connectivity index is 2.59. The van der Waals surface area contributed by atoms with Gasteiger partial charge in [0.25, 0.3) is 0 Å². The molecule has 0 saturated carbocycles. The van der Waals surface area contributed by atoms with E-state index in [0.717, 1.165) is 10.3 Å². The van der Waals surface area contributed by atoms with E-state index < -0.39 is 0 Å². The topological polar surface area (TPSA) is 60.2 Å². The number of rotatable bonds is 4. The molecule has 4 nitrogen and oxygen atoms in total. The van der Waals surface area contributed by atoms with Crippen LogP contribution in [0, 0.1) is 0 Å². The zero-order valence-electron chi connectivity index (χ0n) is 7.38. The Bertz CT molecular complexity index is 280. The molecule has 0 aliphatic carbocycles. The van der Waals surface area contributed by atoms with Crippen LogP contribution < -0.4 is 11.1 Å². The van der Waals surface area contributed by atoms with Gasteiger partial charge in [-0.3, -0.25) is 0 Å². The van der Waals surface area contributed by atoms with Crippen molar-refractivity contribution < 1.29 is 4.74 Å². The van der Waals surface area contributed by atoms with Crippen molar-refractivity contribution in [2.24, 2.45) is 0 Å². The molecule has 0 spiro atoms. The lowest BCUT2D eigenvalue weighted by molar-refractivity contribution is 0.210. The maximum Gasteiger partial charge on any atom is 0.142 e. The van der Waals surface area contributed by atoms with E-state index in [2.05, 4.69) is 26.2 Å². The maximum atomic E-state index is 5.53. The van der Waals surface area contributed by atoms with Gasteiger partial charge < -0.3 is 15.8 Å². The quantitative estimate of drug-likeness (QED) is 0.790. The Morgan fingerprint density at radius 1 is 1.62 bits per heavy atom. The van der Waals surface area contributed by atoms with Crippen molar-refractivity contribution in [3.63, 3.8) is 0 Å². The molecule has 0 saturated heterocycles. The second kappa shape index (κ2) is 5.04. The molecule has 0 fully saturated rings. The average molecular weight is 246 g/mol. The first-order valence-electron chi connectivity index (χ1n) is 3.89. The van der Waals surface area contributed by atoms with Gasteiger partial charge in [0.05, 0.1) is 11.1 Å².